The van der Waals surface area contributed by atoms with E-state index in [4.69, 9.17) is 9.47 Å². The molecule has 0 bridgehead atoms. The van der Waals surface area contributed by atoms with Crippen LogP contribution < -0.4 is 10.1 Å². The molecule has 2 N–H and O–H groups in total. The Hall–Kier alpha value is -1.26. The minimum absolute atomic E-state index is 0.0393. The van der Waals surface area contributed by atoms with E-state index in [2.05, 4.69) is 5.32 Å². The quantitative estimate of drug-likeness (QED) is 0.839. The molecule has 1 aromatic rings. The SMILES string of the molecule is COc1cccc(NC(CO)C2CCCOC2)c1. The molecule has 0 amide bonds. The van der Waals surface area contributed by atoms with E-state index in [0.717, 1.165) is 37.5 Å². The number of methoxy groups -OCH3 is 1. The summed E-state index contributed by atoms with van der Waals surface area (Å²) in [4.78, 5) is 0. The maximum absolute atomic E-state index is 9.52. The molecule has 0 aliphatic carbocycles. The predicted molar refractivity (Wildman–Crippen MR) is 71.0 cm³/mol. The van der Waals surface area contributed by atoms with Gasteiger partial charge in [-0.3, -0.25) is 0 Å². The number of hydrogen-bond donors (Lipinski definition) is 2. The lowest BCUT2D eigenvalue weighted by Gasteiger charge is -2.30. The standard InChI is InChI=1S/C14H21NO3/c1-17-13-6-2-5-12(8-13)15-14(9-16)11-4-3-7-18-10-11/h2,5-6,8,11,14-16H,3-4,7,9-10H2,1H3. The molecule has 1 aromatic carbocycles. The van der Waals surface area contributed by atoms with Crippen molar-refractivity contribution in [3.05, 3.63) is 24.3 Å². The first-order valence-corrected chi connectivity index (χ1v) is 6.42. The van der Waals surface area contributed by atoms with Gasteiger partial charge in [-0.2, -0.15) is 0 Å². The molecule has 2 unspecified atom stereocenters. The van der Waals surface area contributed by atoms with E-state index in [0.29, 0.717) is 5.92 Å². The van der Waals surface area contributed by atoms with E-state index in [1.807, 2.05) is 24.3 Å². The van der Waals surface area contributed by atoms with Gasteiger partial charge in [0.1, 0.15) is 5.75 Å². The van der Waals surface area contributed by atoms with Crippen LogP contribution in [0.1, 0.15) is 12.8 Å². The molecule has 0 aromatic heterocycles. The molecule has 4 heteroatoms. The topological polar surface area (TPSA) is 50.7 Å². The van der Waals surface area contributed by atoms with Gasteiger partial charge in [-0.25, -0.2) is 0 Å². The average Bonchev–Trinajstić information content (AvgIpc) is 2.46. The van der Waals surface area contributed by atoms with Crippen molar-refractivity contribution in [3.8, 4) is 5.75 Å². The first-order valence-electron chi connectivity index (χ1n) is 6.42. The molecule has 1 aliphatic rings. The van der Waals surface area contributed by atoms with Crippen LogP contribution in [0.5, 0.6) is 5.75 Å². The average molecular weight is 251 g/mol. The fourth-order valence-corrected chi connectivity index (χ4v) is 2.32. The molecule has 0 spiro atoms. The Morgan fingerprint density at radius 2 is 2.44 bits per heavy atom. The third-order valence-corrected chi connectivity index (χ3v) is 3.38. The highest BCUT2D eigenvalue weighted by molar-refractivity contribution is 5.49. The highest BCUT2D eigenvalue weighted by Crippen LogP contribution is 2.23. The van der Waals surface area contributed by atoms with Gasteiger partial charge in [0.15, 0.2) is 0 Å². The third-order valence-electron chi connectivity index (χ3n) is 3.38. The molecule has 100 valence electrons. The molecular weight excluding hydrogens is 230 g/mol. The van der Waals surface area contributed by atoms with Gasteiger partial charge in [-0.1, -0.05) is 6.07 Å². The Balaban J connectivity index is 1.99. The van der Waals surface area contributed by atoms with Crippen LogP contribution in [0, 0.1) is 5.92 Å². The summed E-state index contributed by atoms with van der Waals surface area (Å²) in [6.07, 6.45) is 2.17. The molecule has 1 fully saturated rings. The van der Waals surface area contributed by atoms with Crippen LogP contribution in [0.15, 0.2) is 24.3 Å². The zero-order chi connectivity index (χ0) is 12.8. The van der Waals surface area contributed by atoms with E-state index < -0.39 is 0 Å². The van der Waals surface area contributed by atoms with Crippen LogP contribution in [0.4, 0.5) is 5.69 Å². The van der Waals surface area contributed by atoms with Crippen molar-refractivity contribution in [1.29, 1.82) is 0 Å². The normalized spacial score (nSPS) is 21.3. The van der Waals surface area contributed by atoms with Gasteiger partial charge in [-0.15, -0.1) is 0 Å². The zero-order valence-electron chi connectivity index (χ0n) is 10.8. The van der Waals surface area contributed by atoms with Crippen molar-refractivity contribution in [1.82, 2.24) is 0 Å². The first kappa shape index (κ1) is 13.2. The number of nitrogens with one attached hydrogen (secondary N) is 1. The summed E-state index contributed by atoms with van der Waals surface area (Å²) in [5, 5.41) is 12.9. The lowest BCUT2D eigenvalue weighted by atomic mass is 9.94. The number of aliphatic hydroxyl groups is 1. The van der Waals surface area contributed by atoms with Crippen molar-refractivity contribution in [3.63, 3.8) is 0 Å². The third kappa shape index (κ3) is 3.37. The predicted octanol–water partition coefficient (Wildman–Crippen LogP) is 1.89. The fourth-order valence-electron chi connectivity index (χ4n) is 2.32. The van der Waals surface area contributed by atoms with Gasteiger partial charge in [0.2, 0.25) is 0 Å². The molecule has 0 saturated carbocycles. The summed E-state index contributed by atoms with van der Waals surface area (Å²) in [6, 6.07) is 7.80. The van der Waals surface area contributed by atoms with Crippen molar-refractivity contribution in [2.45, 2.75) is 18.9 Å². The van der Waals surface area contributed by atoms with Crippen LogP contribution >= 0.6 is 0 Å². The van der Waals surface area contributed by atoms with E-state index in [1.165, 1.54) is 0 Å². The van der Waals surface area contributed by atoms with Gasteiger partial charge >= 0.3 is 0 Å². The maximum Gasteiger partial charge on any atom is 0.120 e. The smallest absolute Gasteiger partial charge is 0.120 e. The lowest BCUT2D eigenvalue weighted by molar-refractivity contribution is 0.0392. The Labute approximate surface area is 108 Å². The zero-order valence-corrected chi connectivity index (χ0v) is 10.8. The van der Waals surface area contributed by atoms with Crippen LogP contribution in [0.2, 0.25) is 0 Å². The summed E-state index contributed by atoms with van der Waals surface area (Å²) < 4.78 is 10.7. The van der Waals surface area contributed by atoms with E-state index >= 15 is 0 Å². The Morgan fingerprint density at radius 1 is 1.56 bits per heavy atom. The van der Waals surface area contributed by atoms with Gasteiger partial charge in [-0.05, 0) is 25.0 Å². The summed E-state index contributed by atoms with van der Waals surface area (Å²) in [5.74, 6) is 1.19. The maximum atomic E-state index is 9.52. The highest BCUT2D eigenvalue weighted by atomic mass is 16.5. The number of rotatable bonds is 5. The molecule has 1 saturated heterocycles. The fraction of sp³-hybridized carbons (Fsp3) is 0.571. The Morgan fingerprint density at radius 3 is 3.11 bits per heavy atom. The molecular formula is C14H21NO3. The van der Waals surface area contributed by atoms with E-state index in [-0.39, 0.29) is 12.6 Å². The number of aliphatic hydroxyl groups excluding tert-OH is 1. The number of hydrogen-bond acceptors (Lipinski definition) is 4. The number of anilines is 1. The molecule has 1 heterocycles. The Bertz CT molecular complexity index is 364. The van der Waals surface area contributed by atoms with Crippen LogP contribution in [-0.4, -0.2) is 38.1 Å². The van der Waals surface area contributed by atoms with Crippen LogP contribution in [-0.2, 0) is 4.74 Å². The second kappa shape index (κ2) is 6.61. The monoisotopic (exact) mass is 251 g/mol. The van der Waals surface area contributed by atoms with E-state index in [1.54, 1.807) is 7.11 Å². The number of benzene rings is 1. The second-order valence-electron chi connectivity index (χ2n) is 4.64. The Kier molecular flexibility index (Phi) is 4.84. The second-order valence-corrected chi connectivity index (χ2v) is 4.64. The van der Waals surface area contributed by atoms with Gasteiger partial charge in [0, 0.05) is 24.3 Å². The van der Waals surface area contributed by atoms with E-state index in [9.17, 15) is 5.11 Å². The summed E-state index contributed by atoms with van der Waals surface area (Å²) in [6.45, 7) is 1.68. The van der Waals surface area contributed by atoms with Crippen LogP contribution in [0.3, 0.4) is 0 Å². The minimum atomic E-state index is 0.0393. The molecule has 4 nitrogen and oxygen atoms in total. The van der Waals surface area contributed by atoms with Crippen molar-refractivity contribution in [2.24, 2.45) is 5.92 Å². The van der Waals surface area contributed by atoms with Gasteiger partial charge in [0.05, 0.1) is 26.4 Å². The molecule has 2 rings (SSSR count). The summed E-state index contributed by atoms with van der Waals surface area (Å²) >= 11 is 0. The number of ether oxygens (including phenoxy) is 2. The van der Waals surface area contributed by atoms with Crippen molar-refractivity contribution < 1.29 is 14.6 Å². The minimum Gasteiger partial charge on any atom is -0.497 e. The van der Waals surface area contributed by atoms with Gasteiger partial charge < -0.3 is 19.9 Å². The highest BCUT2D eigenvalue weighted by Gasteiger charge is 2.23. The summed E-state index contributed by atoms with van der Waals surface area (Å²) in [7, 11) is 1.65. The largest absolute Gasteiger partial charge is 0.497 e. The molecule has 0 radical (unpaired) electrons. The molecule has 18 heavy (non-hydrogen) atoms. The van der Waals surface area contributed by atoms with Crippen LogP contribution in [0.25, 0.3) is 0 Å². The first-order chi connectivity index (χ1) is 8.83. The molecule has 1 aliphatic heterocycles. The summed E-state index contributed by atoms with van der Waals surface area (Å²) in [5.41, 5.74) is 0.971. The van der Waals surface area contributed by atoms with Gasteiger partial charge in [0.25, 0.3) is 0 Å². The lowest BCUT2D eigenvalue weighted by Crippen LogP contribution is -2.37. The molecule has 2 atom stereocenters. The van der Waals surface area contributed by atoms with Crippen molar-refractivity contribution >= 4 is 5.69 Å². The van der Waals surface area contributed by atoms with Crippen molar-refractivity contribution in [2.75, 3.05) is 32.2 Å².